The van der Waals surface area contributed by atoms with Gasteiger partial charge >= 0.3 is 11.6 Å². The minimum Gasteiger partial charge on any atom is -0.489 e. The molecule has 4 aromatic carbocycles. The van der Waals surface area contributed by atoms with E-state index in [0.29, 0.717) is 33.4 Å². The van der Waals surface area contributed by atoms with E-state index in [9.17, 15) is 19.2 Å². The second-order valence-corrected chi connectivity index (χ2v) is 9.45. The van der Waals surface area contributed by atoms with Gasteiger partial charge in [0, 0.05) is 22.6 Å². The highest BCUT2D eigenvalue weighted by molar-refractivity contribution is 5.94. The molecule has 1 unspecified atom stereocenters. The van der Waals surface area contributed by atoms with Gasteiger partial charge in [-0.25, -0.2) is 14.0 Å². The molecule has 1 aliphatic heterocycles. The van der Waals surface area contributed by atoms with E-state index in [0.717, 1.165) is 0 Å². The first-order valence-electron chi connectivity index (χ1n) is 12.8. The van der Waals surface area contributed by atoms with Gasteiger partial charge in [-0.15, -0.1) is 0 Å². The Balaban J connectivity index is 1.28. The summed E-state index contributed by atoms with van der Waals surface area (Å²) in [6.07, 6.45) is 0. The van der Waals surface area contributed by atoms with Crippen LogP contribution in [0.3, 0.4) is 0 Å². The normalized spacial score (nSPS) is 14.0. The number of rotatable bonds is 6. The molecule has 1 aliphatic rings. The summed E-state index contributed by atoms with van der Waals surface area (Å²) in [7, 11) is 0. The largest absolute Gasteiger partial charge is 0.489 e. The molecule has 9 heteroatoms. The molecule has 0 saturated heterocycles. The van der Waals surface area contributed by atoms with Gasteiger partial charge in [-0.2, -0.15) is 5.26 Å². The van der Waals surface area contributed by atoms with Crippen LogP contribution in [0.5, 0.6) is 17.2 Å². The van der Waals surface area contributed by atoms with Crippen molar-refractivity contribution in [3.05, 3.63) is 147 Å². The van der Waals surface area contributed by atoms with Crippen LogP contribution in [0.1, 0.15) is 33.0 Å². The van der Waals surface area contributed by atoms with E-state index in [4.69, 9.17) is 24.4 Å². The van der Waals surface area contributed by atoms with Gasteiger partial charge in [0.1, 0.15) is 52.5 Å². The molecule has 42 heavy (non-hydrogen) atoms. The molecule has 2 heterocycles. The van der Waals surface area contributed by atoms with E-state index < -0.39 is 17.5 Å². The van der Waals surface area contributed by atoms with Crippen LogP contribution in [0.4, 0.5) is 4.39 Å². The molecule has 0 saturated carbocycles. The molecule has 0 spiro atoms. The van der Waals surface area contributed by atoms with Crippen molar-refractivity contribution < 1.29 is 27.8 Å². The van der Waals surface area contributed by atoms with Gasteiger partial charge in [0.15, 0.2) is 0 Å². The third-order valence-corrected chi connectivity index (χ3v) is 6.81. The Kier molecular flexibility index (Phi) is 6.87. The zero-order chi connectivity index (χ0) is 29.2. The lowest BCUT2D eigenvalue weighted by atomic mass is 9.83. The molecule has 2 N–H and O–H groups in total. The molecular weight excluding hydrogens is 539 g/mol. The van der Waals surface area contributed by atoms with E-state index in [2.05, 4.69) is 6.07 Å². The summed E-state index contributed by atoms with van der Waals surface area (Å²) in [5.41, 5.74) is 7.28. The van der Waals surface area contributed by atoms with E-state index >= 15 is 0 Å². The lowest BCUT2D eigenvalue weighted by Crippen LogP contribution is -2.22. The van der Waals surface area contributed by atoms with E-state index in [1.54, 1.807) is 66.7 Å². The number of carbonyl (C=O) groups excluding carboxylic acids is 1. The number of nitrogens with two attached hydrogens (primary N) is 1. The molecular formula is C33H21FN2O6. The van der Waals surface area contributed by atoms with Crippen molar-refractivity contribution in [1.29, 1.82) is 5.26 Å². The topological polar surface area (TPSA) is 125 Å². The molecule has 8 nitrogen and oxygen atoms in total. The Morgan fingerprint density at radius 2 is 1.76 bits per heavy atom. The van der Waals surface area contributed by atoms with E-state index in [1.165, 1.54) is 24.3 Å². The third kappa shape index (κ3) is 5.05. The number of ether oxygens (including phenoxy) is 3. The lowest BCUT2D eigenvalue weighted by Gasteiger charge is -2.27. The van der Waals surface area contributed by atoms with Gasteiger partial charge in [-0.05, 0) is 42.0 Å². The summed E-state index contributed by atoms with van der Waals surface area (Å²) >= 11 is 0. The minimum absolute atomic E-state index is 0.0217. The number of allylic oxidation sites excluding steroid dienone is 1. The molecule has 1 aromatic heterocycles. The van der Waals surface area contributed by atoms with Gasteiger partial charge in [0.25, 0.3) is 0 Å². The first kappa shape index (κ1) is 26.3. The first-order valence-corrected chi connectivity index (χ1v) is 12.8. The predicted molar refractivity (Wildman–Crippen MR) is 150 cm³/mol. The second-order valence-electron chi connectivity index (χ2n) is 9.45. The maximum atomic E-state index is 14.1. The maximum Gasteiger partial charge on any atom is 0.351 e. The van der Waals surface area contributed by atoms with Crippen molar-refractivity contribution in [1.82, 2.24) is 0 Å². The van der Waals surface area contributed by atoms with Crippen molar-refractivity contribution >= 4 is 16.9 Å². The molecule has 1 atom stereocenters. The van der Waals surface area contributed by atoms with Gasteiger partial charge in [-0.3, -0.25) is 0 Å². The number of hydrogen-bond acceptors (Lipinski definition) is 8. The molecule has 5 aromatic rings. The van der Waals surface area contributed by atoms with Gasteiger partial charge in [-0.1, -0.05) is 54.6 Å². The second kappa shape index (κ2) is 10.9. The minimum atomic E-state index is -0.900. The Morgan fingerprint density at radius 1 is 0.952 bits per heavy atom. The molecule has 0 amide bonds. The number of hydrogen-bond donors (Lipinski definition) is 1. The highest BCUT2D eigenvalue weighted by Crippen LogP contribution is 2.44. The molecule has 0 fully saturated rings. The number of benzene rings is 4. The highest BCUT2D eigenvalue weighted by Gasteiger charge is 2.31. The van der Waals surface area contributed by atoms with Crippen molar-refractivity contribution in [2.45, 2.75) is 12.5 Å². The Labute approximate surface area is 238 Å². The SMILES string of the molecule is N#CC1=C(N)Oc2cc(OC(=O)c3cc4ccccc4oc3=O)ccc2C1c1cccc(OCc2ccccc2F)c1. The van der Waals surface area contributed by atoms with Gasteiger partial charge in [0.2, 0.25) is 5.88 Å². The van der Waals surface area contributed by atoms with Crippen LogP contribution in [0.25, 0.3) is 11.0 Å². The van der Waals surface area contributed by atoms with E-state index in [1.807, 2.05) is 6.07 Å². The number of halogens is 1. The smallest absolute Gasteiger partial charge is 0.351 e. The summed E-state index contributed by atoms with van der Waals surface area (Å²) in [5, 5.41) is 10.5. The van der Waals surface area contributed by atoms with Crippen LogP contribution < -0.4 is 25.6 Å². The predicted octanol–water partition coefficient (Wildman–Crippen LogP) is 5.95. The average Bonchev–Trinajstić information content (AvgIpc) is 2.99. The number of nitriles is 1. The van der Waals surface area contributed by atoms with Crippen molar-refractivity contribution in [3.63, 3.8) is 0 Å². The first-order chi connectivity index (χ1) is 20.4. The number of carbonyl (C=O) groups is 1. The summed E-state index contributed by atoms with van der Waals surface area (Å²) in [4.78, 5) is 25.3. The monoisotopic (exact) mass is 560 g/mol. The van der Waals surface area contributed by atoms with Crippen LogP contribution in [0, 0.1) is 17.1 Å². The third-order valence-electron chi connectivity index (χ3n) is 6.81. The van der Waals surface area contributed by atoms with Gasteiger partial charge in [0.05, 0.1) is 5.92 Å². The lowest BCUT2D eigenvalue weighted by molar-refractivity contribution is 0.0730. The Morgan fingerprint density at radius 3 is 2.60 bits per heavy atom. The fraction of sp³-hybridized carbons (Fsp3) is 0.0606. The van der Waals surface area contributed by atoms with Crippen LogP contribution in [0.2, 0.25) is 0 Å². The molecule has 0 bridgehead atoms. The molecule has 0 radical (unpaired) electrons. The van der Waals surface area contributed by atoms with E-state index in [-0.39, 0.29) is 40.9 Å². The standard InChI is InChI=1S/C33H21FN2O6/c34-27-10-3-1-7-21(27)18-39-22-9-5-8-20(14-22)30-24-13-12-23(16-29(24)41-31(36)26(30)17-35)40-32(37)25-15-19-6-2-4-11-28(19)42-33(25)38/h1-16,30H,18,36H2. The highest BCUT2D eigenvalue weighted by atomic mass is 19.1. The summed E-state index contributed by atoms with van der Waals surface area (Å²) in [5.74, 6) is -1.15. The fourth-order valence-corrected chi connectivity index (χ4v) is 4.77. The zero-order valence-corrected chi connectivity index (χ0v) is 21.9. The van der Waals surface area contributed by atoms with Crippen LogP contribution in [0.15, 0.2) is 118 Å². The molecule has 0 aliphatic carbocycles. The van der Waals surface area contributed by atoms with Crippen LogP contribution in [-0.2, 0) is 6.61 Å². The quantitative estimate of drug-likeness (QED) is 0.154. The molecule has 6 rings (SSSR count). The number of para-hydroxylation sites is 1. The summed E-state index contributed by atoms with van der Waals surface area (Å²) < 4.78 is 36.3. The number of esters is 1. The Bertz CT molecular complexity index is 1990. The van der Waals surface area contributed by atoms with Crippen molar-refractivity contribution in [3.8, 4) is 23.3 Å². The van der Waals surface area contributed by atoms with Crippen molar-refractivity contribution in [2.24, 2.45) is 5.73 Å². The molecule has 206 valence electrons. The Hall–Kier alpha value is -5.88. The number of nitrogens with zero attached hydrogens (tertiary/aromatic N) is 1. The van der Waals surface area contributed by atoms with Crippen molar-refractivity contribution in [2.75, 3.05) is 0 Å². The zero-order valence-electron chi connectivity index (χ0n) is 21.9. The van der Waals surface area contributed by atoms with Crippen LogP contribution in [-0.4, -0.2) is 5.97 Å². The maximum absolute atomic E-state index is 14.1. The fourth-order valence-electron chi connectivity index (χ4n) is 4.77. The average molecular weight is 561 g/mol. The van der Waals surface area contributed by atoms with Crippen LogP contribution >= 0.6 is 0 Å². The van der Waals surface area contributed by atoms with Gasteiger partial charge < -0.3 is 24.4 Å². The summed E-state index contributed by atoms with van der Waals surface area (Å²) in [6.45, 7) is 0.0217. The number of fused-ring (bicyclic) bond motifs is 2. The summed E-state index contributed by atoms with van der Waals surface area (Å²) in [6, 6.07) is 28.4.